The Labute approximate surface area is 251 Å². The average molecular weight is 724 g/mol. The number of thioether (sulfide) groups is 1. The zero-order valence-corrected chi connectivity index (χ0v) is 25.8. The number of carbonyl (C=O) groups excluding carboxylic acids is 3. The number of aromatic nitrogens is 4. The third kappa shape index (κ3) is 7.18. The van der Waals surface area contributed by atoms with Crippen LogP contribution in [0.3, 0.4) is 0 Å². The fourth-order valence-corrected chi connectivity index (χ4v) is 7.22. The van der Waals surface area contributed by atoms with Crippen molar-refractivity contribution >= 4 is 72.9 Å². The Kier molecular flexibility index (Phi) is 9.81. The van der Waals surface area contributed by atoms with Gasteiger partial charge in [0, 0.05) is 31.0 Å². The number of aromatic amines is 1. The van der Waals surface area contributed by atoms with Crippen LogP contribution in [0, 0.1) is 5.82 Å². The zero-order valence-electron chi connectivity index (χ0n) is 21.0. The summed E-state index contributed by atoms with van der Waals surface area (Å²) in [7, 11) is 0. The van der Waals surface area contributed by atoms with Crippen molar-refractivity contribution in [2.75, 3.05) is 6.61 Å². The summed E-state index contributed by atoms with van der Waals surface area (Å²) in [5.41, 5.74) is -0.260. The maximum atomic E-state index is 14.2. The van der Waals surface area contributed by atoms with E-state index in [9.17, 15) is 23.6 Å². The van der Waals surface area contributed by atoms with Crippen LogP contribution in [-0.2, 0) is 33.3 Å². The largest absolute Gasteiger partial charge is 0.463 e. The maximum Gasteiger partial charge on any atom is 0.304 e. The van der Waals surface area contributed by atoms with Crippen LogP contribution in [0.5, 0.6) is 0 Å². The van der Waals surface area contributed by atoms with Crippen molar-refractivity contribution in [3.05, 3.63) is 48.1 Å². The van der Waals surface area contributed by atoms with Crippen LogP contribution in [-0.4, -0.2) is 68.2 Å². The summed E-state index contributed by atoms with van der Waals surface area (Å²) < 4.78 is 38.7. The summed E-state index contributed by atoms with van der Waals surface area (Å²) in [6.45, 7) is 3.31. The Balaban J connectivity index is 1.81. The van der Waals surface area contributed by atoms with E-state index in [1.54, 1.807) is 5.38 Å². The molecule has 5 unspecified atom stereocenters. The molecule has 214 valence electrons. The fraction of sp³-hybridized carbons (Fsp3) is 0.391. The highest BCUT2D eigenvalue weighted by Gasteiger charge is 2.52. The van der Waals surface area contributed by atoms with Gasteiger partial charge in [0.2, 0.25) is 0 Å². The van der Waals surface area contributed by atoms with E-state index >= 15 is 0 Å². The monoisotopic (exact) mass is 722 g/mol. The summed E-state index contributed by atoms with van der Waals surface area (Å²) in [5, 5.41) is 9.88. The Hall–Kier alpha value is -2.60. The standard InChI is InChI=1S/C23H21Br2FN4O8S2/c1-9(31)35-7-17-20(36-10(2)32)19(30-6-15(28-29-30)16-8-39-23(34)27-16)21(37-11(3)33)22(38-17)40-12-4-13(24)18(26)14(25)5-12/h4-6,8,17,19-22H,7H2,1-3H3,(H,27,34). The molecule has 0 bridgehead atoms. The number of H-pyrrole nitrogens is 1. The molecule has 0 radical (unpaired) electrons. The maximum absolute atomic E-state index is 14.2. The zero-order chi connectivity index (χ0) is 29.1. The molecule has 0 spiro atoms. The molecule has 3 aromatic rings. The highest BCUT2D eigenvalue weighted by atomic mass is 79.9. The number of halogens is 3. The van der Waals surface area contributed by atoms with Crippen molar-refractivity contribution in [3.63, 3.8) is 0 Å². The van der Waals surface area contributed by atoms with E-state index < -0.39 is 53.5 Å². The molecule has 1 saturated heterocycles. The van der Waals surface area contributed by atoms with Crippen molar-refractivity contribution in [1.29, 1.82) is 0 Å². The number of nitrogens with zero attached hydrogens (tertiary/aromatic N) is 3. The van der Waals surface area contributed by atoms with Gasteiger partial charge in [0.15, 0.2) is 18.0 Å². The Morgan fingerprint density at radius 2 is 1.77 bits per heavy atom. The number of thiazole rings is 1. The quantitative estimate of drug-likeness (QED) is 0.205. The smallest absolute Gasteiger partial charge is 0.304 e. The molecular weight excluding hydrogens is 703 g/mol. The van der Waals surface area contributed by atoms with Crippen molar-refractivity contribution < 1.29 is 37.7 Å². The number of hydrogen-bond donors (Lipinski definition) is 1. The Morgan fingerprint density at radius 3 is 2.35 bits per heavy atom. The van der Waals surface area contributed by atoms with Crippen molar-refractivity contribution in [2.24, 2.45) is 0 Å². The van der Waals surface area contributed by atoms with Crippen molar-refractivity contribution in [3.8, 4) is 11.4 Å². The Morgan fingerprint density at radius 1 is 1.12 bits per heavy atom. The van der Waals surface area contributed by atoms with E-state index in [0.717, 1.165) is 23.1 Å². The highest BCUT2D eigenvalue weighted by Crippen LogP contribution is 2.42. The van der Waals surface area contributed by atoms with Gasteiger partial charge in [-0.15, -0.1) is 5.10 Å². The van der Waals surface area contributed by atoms with E-state index in [-0.39, 0.29) is 20.4 Å². The lowest BCUT2D eigenvalue weighted by Crippen LogP contribution is -2.57. The lowest BCUT2D eigenvalue weighted by molar-refractivity contribution is -0.212. The average Bonchev–Trinajstić information content (AvgIpc) is 3.51. The molecule has 2 aromatic heterocycles. The van der Waals surface area contributed by atoms with Gasteiger partial charge in [-0.05, 0) is 44.0 Å². The first-order chi connectivity index (χ1) is 18.9. The van der Waals surface area contributed by atoms with E-state index in [2.05, 4.69) is 47.2 Å². The van der Waals surface area contributed by atoms with Gasteiger partial charge in [0.05, 0.1) is 20.8 Å². The number of rotatable bonds is 8. The normalized spacial score (nSPS) is 22.5. The van der Waals surface area contributed by atoms with Crippen LogP contribution in [0.15, 0.2) is 42.3 Å². The molecule has 40 heavy (non-hydrogen) atoms. The summed E-state index contributed by atoms with van der Waals surface area (Å²) >= 11 is 8.40. The summed E-state index contributed by atoms with van der Waals surface area (Å²) in [6.07, 6.45) is -1.81. The van der Waals surface area contributed by atoms with Crippen molar-refractivity contribution in [1.82, 2.24) is 20.0 Å². The molecule has 1 aromatic carbocycles. The van der Waals surface area contributed by atoms with Crippen LogP contribution in [0.4, 0.5) is 4.39 Å². The molecule has 0 aliphatic carbocycles. The summed E-state index contributed by atoms with van der Waals surface area (Å²) in [6, 6.07) is 2.03. The van der Waals surface area contributed by atoms with Gasteiger partial charge in [-0.3, -0.25) is 19.2 Å². The number of carbonyl (C=O) groups is 3. The third-order valence-electron chi connectivity index (χ3n) is 5.49. The lowest BCUT2D eigenvalue weighted by atomic mass is 9.96. The predicted octanol–water partition coefficient (Wildman–Crippen LogP) is 3.84. The van der Waals surface area contributed by atoms with Crippen molar-refractivity contribution in [2.45, 2.75) is 55.5 Å². The molecule has 3 heterocycles. The molecule has 4 rings (SSSR count). The second-order valence-corrected chi connectivity index (χ2v) is 12.2. The second-order valence-electron chi connectivity index (χ2n) is 8.45. The molecular formula is C23H21Br2FN4O8S2. The van der Waals surface area contributed by atoms with Crippen LogP contribution >= 0.6 is 55.0 Å². The van der Waals surface area contributed by atoms with E-state index in [4.69, 9.17) is 18.9 Å². The van der Waals surface area contributed by atoms with Gasteiger partial charge >= 0.3 is 22.8 Å². The number of ether oxygens (including phenoxy) is 4. The first-order valence-electron chi connectivity index (χ1n) is 11.5. The molecule has 17 heteroatoms. The molecule has 0 saturated carbocycles. The predicted molar refractivity (Wildman–Crippen MR) is 147 cm³/mol. The molecule has 5 atom stereocenters. The van der Waals surface area contributed by atoms with Crippen LogP contribution in [0.1, 0.15) is 26.8 Å². The van der Waals surface area contributed by atoms with Gasteiger partial charge in [-0.1, -0.05) is 28.3 Å². The number of esters is 3. The summed E-state index contributed by atoms with van der Waals surface area (Å²) in [4.78, 5) is 50.7. The van der Waals surface area contributed by atoms with Gasteiger partial charge in [0.1, 0.15) is 29.9 Å². The lowest BCUT2D eigenvalue weighted by Gasteiger charge is -2.44. The molecule has 0 amide bonds. The van der Waals surface area contributed by atoms with E-state index in [1.807, 2.05) is 0 Å². The van der Waals surface area contributed by atoms with Gasteiger partial charge < -0.3 is 23.9 Å². The minimum Gasteiger partial charge on any atom is -0.463 e. The molecule has 1 fully saturated rings. The minimum atomic E-state index is -1.15. The molecule has 1 N–H and O–H groups in total. The first kappa shape index (κ1) is 30.4. The van der Waals surface area contributed by atoms with Gasteiger partial charge in [0.25, 0.3) is 0 Å². The van der Waals surface area contributed by atoms with E-state index in [1.165, 1.54) is 43.8 Å². The second kappa shape index (κ2) is 12.9. The SMILES string of the molecule is CC(=O)OCC1OC(Sc2cc(Br)c(F)c(Br)c2)C(OC(C)=O)C(n2cc(-c3csc(=O)[nH]3)nn2)C1OC(C)=O. The highest BCUT2D eigenvalue weighted by molar-refractivity contribution is 9.11. The number of hydrogen-bond acceptors (Lipinski definition) is 12. The molecule has 1 aliphatic rings. The molecule has 12 nitrogen and oxygen atoms in total. The number of nitrogens with one attached hydrogen (secondary N) is 1. The van der Waals surface area contributed by atoms with E-state index in [0.29, 0.717) is 16.3 Å². The Bertz CT molecular complexity index is 1460. The number of benzene rings is 1. The van der Waals surface area contributed by atoms with Crippen LogP contribution < -0.4 is 4.87 Å². The topological polar surface area (TPSA) is 152 Å². The first-order valence-corrected chi connectivity index (χ1v) is 14.8. The van der Waals surface area contributed by atoms with Gasteiger partial charge in [-0.25, -0.2) is 9.07 Å². The minimum absolute atomic E-state index is 0.181. The van der Waals surface area contributed by atoms with Gasteiger partial charge in [-0.2, -0.15) is 0 Å². The van der Waals surface area contributed by atoms with Crippen LogP contribution in [0.2, 0.25) is 0 Å². The fourth-order valence-electron chi connectivity index (χ4n) is 3.96. The molecule has 1 aliphatic heterocycles. The third-order valence-corrected chi connectivity index (χ3v) is 8.44. The van der Waals surface area contributed by atoms with Crippen LogP contribution in [0.25, 0.3) is 11.4 Å². The summed E-state index contributed by atoms with van der Waals surface area (Å²) in [5.74, 6) is -2.43.